The van der Waals surface area contributed by atoms with Crippen LogP contribution in [-0.4, -0.2) is 42.5 Å². The molecule has 0 bridgehead atoms. The topological polar surface area (TPSA) is 112 Å². The van der Waals surface area contributed by atoms with Gasteiger partial charge in [-0.25, -0.2) is 4.98 Å². The van der Waals surface area contributed by atoms with Crippen LogP contribution in [0.5, 0.6) is 0 Å². The van der Waals surface area contributed by atoms with E-state index in [1.54, 1.807) is 15.5 Å². The van der Waals surface area contributed by atoms with Gasteiger partial charge in [-0.3, -0.25) is 4.68 Å². The lowest BCUT2D eigenvalue weighted by molar-refractivity contribution is 0.577. The molecule has 0 aromatic carbocycles. The first-order valence-electron chi connectivity index (χ1n) is 8.34. The number of hydrogen-bond donors (Lipinski definition) is 2. The van der Waals surface area contributed by atoms with E-state index in [2.05, 4.69) is 25.5 Å². The van der Waals surface area contributed by atoms with Crippen LogP contribution < -0.4 is 11.1 Å². The Balaban J connectivity index is 0.00000196. The first-order valence-corrected chi connectivity index (χ1v) is 8.34. The van der Waals surface area contributed by atoms with E-state index in [0.29, 0.717) is 28.8 Å². The third-order valence-electron chi connectivity index (χ3n) is 3.98. The van der Waals surface area contributed by atoms with Crippen LogP contribution in [0.25, 0.3) is 28.3 Å². The standard InChI is InChI=1S/C16H20N8O.ClH/c1-23-10-11-13(21-23)20-16(18-8-4-2-3-7-17)24-15(11)19-14(22-24)12-6-5-9-25-12;/h5-6,9-10H,2-4,7-8,17H2,1H3,(H,18,20,21);1H. The van der Waals surface area contributed by atoms with E-state index in [4.69, 9.17) is 10.2 Å². The molecule has 0 saturated heterocycles. The molecule has 0 atom stereocenters. The van der Waals surface area contributed by atoms with Gasteiger partial charge in [0, 0.05) is 19.8 Å². The number of aryl methyl sites for hydroxylation is 1. The first kappa shape index (κ1) is 18.2. The number of nitrogens with two attached hydrogens (primary N) is 1. The third-order valence-corrected chi connectivity index (χ3v) is 3.98. The lowest BCUT2D eigenvalue weighted by atomic mass is 10.2. The molecule has 10 heteroatoms. The van der Waals surface area contributed by atoms with Crippen LogP contribution in [0.3, 0.4) is 0 Å². The van der Waals surface area contributed by atoms with Crippen LogP contribution in [0.4, 0.5) is 5.95 Å². The minimum Gasteiger partial charge on any atom is -0.461 e. The van der Waals surface area contributed by atoms with Gasteiger partial charge in [0.25, 0.3) is 0 Å². The van der Waals surface area contributed by atoms with E-state index in [9.17, 15) is 0 Å². The monoisotopic (exact) mass is 376 g/mol. The van der Waals surface area contributed by atoms with Crippen molar-refractivity contribution < 1.29 is 4.42 Å². The summed E-state index contributed by atoms with van der Waals surface area (Å²) >= 11 is 0. The van der Waals surface area contributed by atoms with E-state index in [-0.39, 0.29) is 12.4 Å². The van der Waals surface area contributed by atoms with Crippen molar-refractivity contribution in [2.45, 2.75) is 19.3 Å². The zero-order valence-electron chi connectivity index (χ0n) is 14.4. The average molecular weight is 377 g/mol. The SMILES string of the molecule is Cl.Cn1cc2c(nc(NCCCCCN)n3nc(-c4ccco4)nc23)n1. The fourth-order valence-electron chi connectivity index (χ4n) is 2.77. The quantitative estimate of drug-likeness (QED) is 0.475. The molecule has 0 aliphatic heterocycles. The molecule has 4 heterocycles. The maximum Gasteiger partial charge on any atom is 0.228 e. The number of furan rings is 1. The van der Waals surface area contributed by atoms with Crippen LogP contribution in [0.15, 0.2) is 29.0 Å². The van der Waals surface area contributed by atoms with Crippen molar-refractivity contribution in [2.75, 3.05) is 18.4 Å². The second-order valence-corrected chi connectivity index (χ2v) is 5.90. The fourth-order valence-corrected chi connectivity index (χ4v) is 2.77. The highest BCUT2D eigenvalue weighted by Gasteiger charge is 2.17. The highest BCUT2D eigenvalue weighted by Crippen LogP contribution is 2.23. The Morgan fingerprint density at radius 3 is 2.85 bits per heavy atom. The minimum absolute atomic E-state index is 0. The van der Waals surface area contributed by atoms with Gasteiger partial charge < -0.3 is 15.5 Å². The van der Waals surface area contributed by atoms with Crippen molar-refractivity contribution in [1.29, 1.82) is 0 Å². The van der Waals surface area contributed by atoms with E-state index in [0.717, 1.165) is 37.7 Å². The molecule has 0 amide bonds. The van der Waals surface area contributed by atoms with Gasteiger partial charge in [-0.05, 0) is 31.5 Å². The summed E-state index contributed by atoms with van der Waals surface area (Å²) in [5.41, 5.74) is 6.87. The van der Waals surface area contributed by atoms with Crippen molar-refractivity contribution in [3.63, 3.8) is 0 Å². The molecule has 9 nitrogen and oxygen atoms in total. The summed E-state index contributed by atoms with van der Waals surface area (Å²) in [5, 5.41) is 13.1. The summed E-state index contributed by atoms with van der Waals surface area (Å²) < 4.78 is 8.86. The lowest BCUT2D eigenvalue weighted by Crippen LogP contribution is -2.10. The maximum atomic E-state index is 5.54. The molecular weight excluding hydrogens is 356 g/mol. The number of hydrogen-bond acceptors (Lipinski definition) is 7. The largest absolute Gasteiger partial charge is 0.461 e. The van der Waals surface area contributed by atoms with Crippen LogP contribution >= 0.6 is 12.4 Å². The number of fused-ring (bicyclic) bond motifs is 3. The Hall–Kier alpha value is -2.65. The number of halogens is 1. The van der Waals surface area contributed by atoms with Crippen molar-refractivity contribution in [3.8, 4) is 11.6 Å². The number of anilines is 1. The molecule has 26 heavy (non-hydrogen) atoms. The van der Waals surface area contributed by atoms with E-state index < -0.39 is 0 Å². The highest BCUT2D eigenvalue weighted by atomic mass is 35.5. The van der Waals surface area contributed by atoms with Gasteiger partial charge in [0.1, 0.15) is 0 Å². The Morgan fingerprint density at radius 1 is 1.19 bits per heavy atom. The van der Waals surface area contributed by atoms with Gasteiger partial charge in [0.05, 0.1) is 11.6 Å². The summed E-state index contributed by atoms with van der Waals surface area (Å²) in [6, 6.07) is 3.65. The first-order chi connectivity index (χ1) is 12.3. The summed E-state index contributed by atoms with van der Waals surface area (Å²) in [7, 11) is 1.86. The molecule has 3 N–H and O–H groups in total. The van der Waals surface area contributed by atoms with E-state index >= 15 is 0 Å². The average Bonchev–Trinajstić information content (AvgIpc) is 3.32. The molecule has 0 fully saturated rings. The molecular formula is C16H21ClN8O. The molecule has 4 aromatic heterocycles. The van der Waals surface area contributed by atoms with Crippen LogP contribution in [-0.2, 0) is 7.05 Å². The zero-order chi connectivity index (χ0) is 17.2. The molecule has 0 radical (unpaired) electrons. The molecule has 0 aliphatic carbocycles. The summed E-state index contributed by atoms with van der Waals surface area (Å²) in [6.45, 7) is 1.51. The van der Waals surface area contributed by atoms with Gasteiger partial charge in [0.2, 0.25) is 11.8 Å². The Bertz CT molecular complexity index is 991. The van der Waals surface area contributed by atoms with Crippen LogP contribution in [0.1, 0.15) is 19.3 Å². The van der Waals surface area contributed by atoms with Crippen molar-refractivity contribution in [3.05, 3.63) is 24.6 Å². The van der Waals surface area contributed by atoms with Gasteiger partial charge in [-0.1, -0.05) is 6.42 Å². The van der Waals surface area contributed by atoms with E-state index in [1.807, 2.05) is 25.4 Å². The normalized spacial score (nSPS) is 11.2. The summed E-state index contributed by atoms with van der Waals surface area (Å²) in [4.78, 5) is 9.22. The number of nitrogens with zero attached hydrogens (tertiary/aromatic N) is 6. The van der Waals surface area contributed by atoms with Crippen LogP contribution in [0, 0.1) is 0 Å². The molecule has 0 spiro atoms. The summed E-state index contributed by atoms with van der Waals surface area (Å²) in [5.74, 6) is 1.77. The van der Waals surface area contributed by atoms with Gasteiger partial charge in [-0.2, -0.15) is 14.6 Å². The Kier molecular flexibility index (Phi) is 5.38. The molecule has 0 aliphatic rings. The van der Waals surface area contributed by atoms with E-state index in [1.165, 1.54) is 0 Å². The number of nitrogens with one attached hydrogen (secondary N) is 1. The number of unbranched alkanes of at least 4 members (excludes halogenated alkanes) is 2. The number of rotatable bonds is 7. The van der Waals surface area contributed by atoms with Gasteiger partial charge >= 0.3 is 0 Å². The van der Waals surface area contributed by atoms with Crippen molar-refractivity contribution in [1.82, 2.24) is 29.4 Å². The molecule has 4 rings (SSSR count). The molecule has 0 unspecified atom stereocenters. The molecule has 138 valence electrons. The predicted molar refractivity (Wildman–Crippen MR) is 101 cm³/mol. The maximum absolute atomic E-state index is 5.54. The number of aromatic nitrogens is 6. The smallest absolute Gasteiger partial charge is 0.228 e. The predicted octanol–water partition coefficient (Wildman–Crippen LogP) is 2.23. The lowest BCUT2D eigenvalue weighted by Gasteiger charge is -2.06. The van der Waals surface area contributed by atoms with Gasteiger partial charge in [-0.15, -0.1) is 17.5 Å². The highest BCUT2D eigenvalue weighted by molar-refractivity contribution is 5.90. The van der Waals surface area contributed by atoms with Crippen molar-refractivity contribution in [2.24, 2.45) is 12.8 Å². The van der Waals surface area contributed by atoms with Crippen molar-refractivity contribution >= 4 is 35.0 Å². The van der Waals surface area contributed by atoms with Crippen LogP contribution in [0.2, 0.25) is 0 Å². The minimum atomic E-state index is 0. The Labute approximate surface area is 156 Å². The Morgan fingerprint density at radius 2 is 2.08 bits per heavy atom. The summed E-state index contributed by atoms with van der Waals surface area (Å²) in [6.07, 6.45) is 6.61. The fraction of sp³-hybridized carbons (Fsp3) is 0.375. The zero-order valence-corrected chi connectivity index (χ0v) is 15.2. The second-order valence-electron chi connectivity index (χ2n) is 5.90. The van der Waals surface area contributed by atoms with Gasteiger partial charge in [0.15, 0.2) is 17.1 Å². The third kappa shape index (κ3) is 3.35. The molecule has 4 aromatic rings. The molecule has 0 saturated carbocycles. The second kappa shape index (κ2) is 7.71.